The SMILES string of the molecule is CC1(C)OC(=O)c2c(O)cc(O)cc2O1.O=C(O)c1c(O)cc(O)cc1O. The number of carboxylic acids is 1. The molecule has 0 aliphatic carbocycles. The van der Waals surface area contributed by atoms with E-state index in [2.05, 4.69) is 0 Å². The minimum absolute atomic E-state index is 0.0628. The summed E-state index contributed by atoms with van der Waals surface area (Å²) >= 11 is 0. The number of benzene rings is 2. The van der Waals surface area contributed by atoms with Gasteiger partial charge in [0.2, 0.25) is 5.79 Å². The topological polar surface area (TPSA) is 174 Å². The molecule has 0 amide bonds. The number of phenolic OH excluding ortho intramolecular Hbond substituents is 3. The van der Waals surface area contributed by atoms with E-state index >= 15 is 0 Å². The predicted molar refractivity (Wildman–Crippen MR) is 88.3 cm³/mol. The van der Waals surface area contributed by atoms with Gasteiger partial charge in [0.25, 0.3) is 0 Å². The Balaban J connectivity index is 0.000000199. The largest absolute Gasteiger partial charge is 0.508 e. The van der Waals surface area contributed by atoms with Crippen molar-refractivity contribution in [3.8, 4) is 34.5 Å². The van der Waals surface area contributed by atoms with Gasteiger partial charge < -0.3 is 40.1 Å². The molecule has 0 unspecified atom stereocenters. The molecule has 0 spiro atoms. The van der Waals surface area contributed by atoms with Gasteiger partial charge in [-0.1, -0.05) is 0 Å². The fourth-order valence-corrected chi connectivity index (χ4v) is 2.25. The van der Waals surface area contributed by atoms with E-state index in [-0.39, 0.29) is 22.8 Å². The highest BCUT2D eigenvalue weighted by Crippen LogP contribution is 2.39. The molecule has 144 valence electrons. The van der Waals surface area contributed by atoms with E-state index in [0.717, 1.165) is 18.2 Å². The van der Waals surface area contributed by atoms with E-state index in [1.807, 2.05) is 0 Å². The van der Waals surface area contributed by atoms with E-state index in [1.54, 1.807) is 13.8 Å². The zero-order valence-electron chi connectivity index (χ0n) is 14.1. The van der Waals surface area contributed by atoms with Gasteiger partial charge in [0.05, 0.1) is 0 Å². The number of aromatic carboxylic acids is 1. The van der Waals surface area contributed by atoms with Gasteiger partial charge in [-0.3, -0.25) is 0 Å². The van der Waals surface area contributed by atoms with Crippen molar-refractivity contribution < 1.29 is 49.7 Å². The summed E-state index contributed by atoms with van der Waals surface area (Å²) in [7, 11) is 0. The summed E-state index contributed by atoms with van der Waals surface area (Å²) in [6.45, 7) is 3.13. The van der Waals surface area contributed by atoms with Crippen LogP contribution >= 0.6 is 0 Å². The summed E-state index contributed by atoms with van der Waals surface area (Å²) in [5, 5.41) is 53.8. The average molecular weight is 380 g/mol. The average Bonchev–Trinajstić information content (AvgIpc) is 2.42. The molecule has 0 bridgehead atoms. The molecule has 2 aromatic carbocycles. The van der Waals surface area contributed by atoms with Crippen LogP contribution in [0.3, 0.4) is 0 Å². The van der Waals surface area contributed by atoms with Crippen molar-refractivity contribution in [2.75, 3.05) is 0 Å². The number of fused-ring (bicyclic) bond motifs is 1. The number of hydrogen-bond acceptors (Lipinski definition) is 9. The number of esters is 1. The second kappa shape index (κ2) is 6.83. The highest BCUT2D eigenvalue weighted by molar-refractivity contribution is 5.97. The summed E-state index contributed by atoms with van der Waals surface area (Å²) in [6, 6.07) is 3.99. The first-order chi connectivity index (χ1) is 12.4. The third kappa shape index (κ3) is 4.24. The molecule has 1 aliphatic rings. The zero-order chi connectivity index (χ0) is 20.5. The Morgan fingerprint density at radius 1 is 0.852 bits per heavy atom. The lowest BCUT2D eigenvalue weighted by Crippen LogP contribution is -2.38. The molecular formula is C17H16O10. The third-order valence-corrected chi connectivity index (χ3v) is 3.26. The Bertz CT molecular complexity index is 893. The molecule has 6 N–H and O–H groups in total. The first-order valence-corrected chi connectivity index (χ1v) is 7.38. The summed E-state index contributed by atoms with van der Waals surface area (Å²) in [5.74, 6) is -5.35. The zero-order valence-corrected chi connectivity index (χ0v) is 14.1. The Hall–Kier alpha value is -3.82. The quantitative estimate of drug-likeness (QED) is 0.401. The molecule has 1 aliphatic heterocycles. The molecule has 10 heteroatoms. The molecular weight excluding hydrogens is 364 g/mol. The number of cyclic esters (lactones) is 1. The Kier molecular flexibility index (Phi) is 4.93. The van der Waals surface area contributed by atoms with Crippen LogP contribution in [0.25, 0.3) is 0 Å². The fraction of sp³-hybridized carbons (Fsp3) is 0.176. The van der Waals surface area contributed by atoms with E-state index in [1.165, 1.54) is 6.07 Å². The van der Waals surface area contributed by atoms with Crippen molar-refractivity contribution in [2.24, 2.45) is 0 Å². The van der Waals surface area contributed by atoms with Gasteiger partial charge in [-0.2, -0.15) is 0 Å². The number of hydrogen-bond donors (Lipinski definition) is 6. The minimum atomic E-state index is -1.45. The number of carboxylic acid groups (broad SMARTS) is 1. The second-order valence-corrected chi connectivity index (χ2v) is 5.89. The van der Waals surface area contributed by atoms with E-state index in [4.69, 9.17) is 29.9 Å². The van der Waals surface area contributed by atoms with Crippen molar-refractivity contribution in [3.63, 3.8) is 0 Å². The number of phenols is 5. The van der Waals surface area contributed by atoms with Crippen LogP contribution in [0.15, 0.2) is 24.3 Å². The van der Waals surface area contributed by atoms with Gasteiger partial charge in [-0.05, 0) is 0 Å². The number of ether oxygens (including phenoxy) is 2. The molecule has 1 heterocycles. The maximum absolute atomic E-state index is 11.5. The molecule has 0 fully saturated rings. The first kappa shape index (κ1) is 19.5. The number of aromatic hydroxyl groups is 5. The Labute approximate surface area is 152 Å². The molecule has 0 atom stereocenters. The highest BCUT2D eigenvalue weighted by atomic mass is 16.7. The standard InChI is InChI=1S/C10H10O5.C7H6O5/c1-10(2)14-7-4-5(11)3-6(12)8(7)9(13)15-10;8-3-1-4(9)6(7(11)12)5(10)2-3/h3-4,11-12H,1-2H3;1-2,8-10H,(H,11,12). The maximum Gasteiger partial charge on any atom is 0.349 e. The maximum atomic E-state index is 11.5. The van der Waals surface area contributed by atoms with E-state index in [0.29, 0.717) is 0 Å². The second-order valence-electron chi connectivity index (χ2n) is 5.89. The number of rotatable bonds is 1. The summed E-state index contributed by atoms with van der Waals surface area (Å²) in [4.78, 5) is 21.8. The van der Waals surface area contributed by atoms with Crippen molar-refractivity contribution in [2.45, 2.75) is 19.6 Å². The first-order valence-electron chi connectivity index (χ1n) is 7.38. The summed E-state index contributed by atoms with van der Waals surface area (Å²) in [6.07, 6.45) is 0. The van der Waals surface area contributed by atoms with Crippen molar-refractivity contribution in [3.05, 3.63) is 35.4 Å². The molecule has 2 aromatic rings. The van der Waals surface area contributed by atoms with Crippen LogP contribution in [0.2, 0.25) is 0 Å². The molecule has 27 heavy (non-hydrogen) atoms. The van der Waals surface area contributed by atoms with Gasteiger partial charge in [0, 0.05) is 38.1 Å². The van der Waals surface area contributed by atoms with Gasteiger partial charge in [-0.25, -0.2) is 9.59 Å². The van der Waals surface area contributed by atoms with Crippen molar-refractivity contribution in [1.29, 1.82) is 0 Å². The Morgan fingerprint density at radius 2 is 1.33 bits per heavy atom. The molecule has 10 nitrogen and oxygen atoms in total. The monoisotopic (exact) mass is 380 g/mol. The third-order valence-electron chi connectivity index (χ3n) is 3.26. The van der Waals surface area contributed by atoms with Crippen molar-refractivity contribution in [1.82, 2.24) is 0 Å². The van der Waals surface area contributed by atoms with Crippen LogP contribution in [0.5, 0.6) is 34.5 Å². The van der Waals surface area contributed by atoms with Gasteiger partial charge in [0.15, 0.2) is 0 Å². The van der Waals surface area contributed by atoms with Gasteiger partial charge >= 0.3 is 11.9 Å². The predicted octanol–water partition coefficient (Wildman–Crippen LogP) is 1.88. The molecule has 0 saturated carbocycles. The lowest BCUT2D eigenvalue weighted by Gasteiger charge is -2.31. The number of carbonyl (C=O) groups is 2. The summed E-state index contributed by atoms with van der Waals surface area (Å²) in [5.41, 5.74) is -0.681. The van der Waals surface area contributed by atoms with E-state index in [9.17, 15) is 19.8 Å². The normalized spacial score (nSPS) is 14.1. The van der Waals surface area contributed by atoms with Gasteiger partial charge in [0.1, 0.15) is 45.6 Å². The molecule has 0 aromatic heterocycles. The molecule has 0 saturated heterocycles. The van der Waals surface area contributed by atoms with Gasteiger partial charge in [-0.15, -0.1) is 0 Å². The Morgan fingerprint density at radius 3 is 1.85 bits per heavy atom. The van der Waals surface area contributed by atoms with Crippen LogP contribution in [0.4, 0.5) is 0 Å². The molecule has 3 rings (SSSR count). The van der Waals surface area contributed by atoms with Crippen LogP contribution in [-0.4, -0.2) is 48.4 Å². The molecule has 0 radical (unpaired) electrons. The highest BCUT2D eigenvalue weighted by Gasteiger charge is 2.36. The summed E-state index contributed by atoms with van der Waals surface area (Å²) < 4.78 is 10.2. The smallest absolute Gasteiger partial charge is 0.349 e. The van der Waals surface area contributed by atoms with Crippen LogP contribution in [0.1, 0.15) is 34.6 Å². The number of carbonyl (C=O) groups excluding carboxylic acids is 1. The lowest BCUT2D eigenvalue weighted by atomic mass is 10.1. The van der Waals surface area contributed by atoms with Crippen LogP contribution in [0, 0.1) is 0 Å². The fourth-order valence-electron chi connectivity index (χ4n) is 2.25. The van der Waals surface area contributed by atoms with Crippen molar-refractivity contribution >= 4 is 11.9 Å². The van der Waals surface area contributed by atoms with Crippen LogP contribution in [-0.2, 0) is 4.74 Å². The lowest BCUT2D eigenvalue weighted by molar-refractivity contribution is -0.127. The van der Waals surface area contributed by atoms with E-state index < -0.39 is 40.5 Å². The van der Waals surface area contributed by atoms with Crippen LogP contribution < -0.4 is 4.74 Å². The minimum Gasteiger partial charge on any atom is -0.508 e.